The first kappa shape index (κ1) is 11.0. The predicted octanol–water partition coefficient (Wildman–Crippen LogP) is 3.34. The van der Waals surface area contributed by atoms with Gasteiger partial charge in [0.15, 0.2) is 0 Å². The Labute approximate surface area is 91.9 Å². The van der Waals surface area contributed by atoms with Gasteiger partial charge in [0.25, 0.3) is 0 Å². The number of benzene rings is 1. The van der Waals surface area contributed by atoms with E-state index in [9.17, 15) is 5.11 Å². The van der Waals surface area contributed by atoms with Gasteiger partial charge in [-0.05, 0) is 30.5 Å². The molecule has 1 unspecified atom stereocenters. The summed E-state index contributed by atoms with van der Waals surface area (Å²) in [5, 5.41) is 9.52. The summed E-state index contributed by atoms with van der Waals surface area (Å²) in [6.07, 6.45) is -0.563. The van der Waals surface area contributed by atoms with E-state index < -0.39 is 6.10 Å². The van der Waals surface area contributed by atoms with Crippen LogP contribution in [0, 0.1) is 13.8 Å². The quantitative estimate of drug-likeness (QED) is 0.812. The van der Waals surface area contributed by atoms with Crippen molar-refractivity contribution >= 4 is 27.5 Å². The van der Waals surface area contributed by atoms with Crippen molar-refractivity contribution in [2.75, 3.05) is 5.88 Å². The van der Waals surface area contributed by atoms with Gasteiger partial charge in [-0.25, -0.2) is 0 Å². The van der Waals surface area contributed by atoms with Gasteiger partial charge in [0.05, 0.1) is 12.0 Å². The second-order valence-corrected chi connectivity index (χ2v) is 4.24. The van der Waals surface area contributed by atoms with E-state index in [2.05, 4.69) is 15.9 Å². The summed E-state index contributed by atoms with van der Waals surface area (Å²) in [5.74, 6) is 0.237. The van der Waals surface area contributed by atoms with Crippen molar-refractivity contribution in [3.8, 4) is 0 Å². The molecular weight excluding hydrogens is 251 g/mol. The number of hydrogen-bond donors (Lipinski definition) is 1. The van der Waals surface area contributed by atoms with E-state index in [0.29, 0.717) is 0 Å². The Bertz CT molecular complexity index is 289. The molecule has 0 bridgehead atoms. The van der Waals surface area contributed by atoms with E-state index in [1.807, 2.05) is 26.0 Å². The number of rotatable bonds is 2. The molecule has 3 heteroatoms. The van der Waals surface area contributed by atoms with Crippen LogP contribution in [0.3, 0.4) is 0 Å². The normalized spacial score (nSPS) is 13.0. The third-order valence-electron chi connectivity index (χ3n) is 1.99. The average molecular weight is 264 g/mol. The van der Waals surface area contributed by atoms with Crippen LogP contribution in [0.5, 0.6) is 0 Å². The van der Waals surface area contributed by atoms with Crippen LogP contribution in [-0.4, -0.2) is 11.0 Å². The fraction of sp³-hybridized carbons (Fsp3) is 0.400. The van der Waals surface area contributed by atoms with Crippen LogP contribution in [0.4, 0.5) is 0 Å². The lowest BCUT2D eigenvalue weighted by atomic mass is 10.0. The van der Waals surface area contributed by atoms with Crippen molar-refractivity contribution in [1.29, 1.82) is 0 Å². The Morgan fingerprint density at radius 1 is 1.38 bits per heavy atom. The molecular formula is C10H12BrClO. The largest absolute Gasteiger partial charge is 0.387 e. The fourth-order valence-electron chi connectivity index (χ4n) is 1.26. The van der Waals surface area contributed by atoms with Gasteiger partial charge >= 0.3 is 0 Å². The molecule has 0 fully saturated rings. The van der Waals surface area contributed by atoms with Crippen molar-refractivity contribution in [2.24, 2.45) is 0 Å². The van der Waals surface area contributed by atoms with Crippen LogP contribution < -0.4 is 0 Å². The lowest BCUT2D eigenvalue weighted by Gasteiger charge is -2.11. The molecule has 0 aliphatic carbocycles. The molecule has 0 aliphatic heterocycles. The lowest BCUT2D eigenvalue weighted by Crippen LogP contribution is -2.00. The molecule has 0 aliphatic rings. The topological polar surface area (TPSA) is 20.2 Å². The minimum atomic E-state index is -0.563. The van der Waals surface area contributed by atoms with Crippen LogP contribution in [0.25, 0.3) is 0 Å². The maximum absolute atomic E-state index is 9.52. The summed E-state index contributed by atoms with van der Waals surface area (Å²) in [7, 11) is 0. The first-order valence-electron chi connectivity index (χ1n) is 4.07. The van der Waals surface area contributed by atoms with Gasteiger partial charge in [-0.2, -0.15) is 0 Å². The highest BCUT2D eigenvalue weighted by molar-refractivity contribution is 9.10. The summed E-state index contributed by atoms with van der Waals surface area (Å²) < 4.78 is 1.10. The second-order valence-electron chi connectivity index (χ2n) is 3.14. The Morgan fingerprint density at radius 3 is 2.23 bits per heavy atom. The van der Waals surface area contributed by atoms with Crippen molar-refractivity contribution in [3.63, 3.8) is 0 Å². The van der Waals surface area contributed by atoms with E-state index in [-0.39, 0.29) is 5.88 Å². The smallest absolute Gasteiger partial charge is 0.0925 e. The molecule has 0 amide bonds. The zero-order valence-corrected chi connectivity index (χ0v) is 9.98. The molecule has 1 aromatic carbocycles. The highest BCUT2D eigenvalue weighted by atomic mass is 79.9. The number of aliphatic hydroxyl groups is 1. The zero-order valence-electron chi connectivity index (χ0n) is 7.64. The Kier molecular flexibility index (Phi) is 3.77. The molecule has 72 valence electrons. The summed E-state index contributed by atoms with van der Waals surface area (Å²) in [5.41, 5.74) is 3.13. The van der Waals surface area contributed by atoms with Gasteiger partial charge in [-0.1, -0.05) is 28.1 Å². The van der Waals surface area contributed by atoms with Gasteiger partial charge in [0.1, 0.15) is 0 Å². The molecule has 13 heavy (non-hydrogen) atoms. The molecule has 0 aromatic heterocycles. The number of alkyl halides is 1. The Balaban J connectivity index is 3.13. The minimum Gasteiger partial charge on any atom is -0.387 e. The van der Waals surface area contributed by atoms with Gasteiger partial charge in [0, 0.05) is 4.47 Å². The van der Waals surface area contributed by atoms with Crippen LogP contribution in [0.1, 0.15) is 22.8 Å². The van der Waals surface area contributed by atoms with Crippen LogP contribution in [0.15, 0.2) is 16.6 Å². The molecule has 1 N–H and O–H groups in total. The summed E-state index contributed by atoms with van der Waals surface area (Å²) in [6.45, 7) is 4.00. The Morgan fingerprint density at radius 2 is 1.85 bits per heavy atom. The molecule has 0 heterocycles. The van der Waals surface area contributed by atoms with Gasteiger partial charge < -0.3 is 5.11 Å². The standard InChI is InChI=1S/C10H12BrClO/c1-6-3-8(9(13)5-12)4-7(2)10(6)11/h3-4,9,13H,5H2,1-2H3. The van der Waals surface area contributed by atoms with Crippen molar-refractivity contribution < 1.29 is 5.11 Å². The maximum atomic E-state index is 9.52. The molecule has 1 atom stereocenters. The van der Waals surface area contributed by atoms with Crippen LogP contribution >= 0.6 is 27.5 Å². The maximum Gasteiger partial charge on any atom is 0.0925 e. The van der Waals surface area contributed by atoms with Crippen LogP contribution in [-0.2, 0) is 0 Å². The van der Waals surface area contributed by atoms with Gasteiger partial charge in [-0.15, -0.1) is 11.6 Å². The van der Waals surface area contributed by atoms with Crippen molar-refractivity contribution in [3.05, 3.63) is 33.3 Å². The predicted molar refractivity (Wildman–Crippen MR) is 59.3 cm³/mol. The lowest BCUT2D eigenvalue weighted by molar-refractivity contribution is 0.202. The number of aryl methyl sites for hydroxylation is 2. The van der Waals surface area contributed by atoms with E-state index >= 15 is 0 Å². The van der Waals surface area contributed by atoms with Crippen molar-refractivity contribution in [2.45, 2.75) is 20.0 Å². The fourth-order valence-corrected chi connectivity index (χ4v) is 1.67. The highest BCUT2D eigenvalue weighted by Gasteiger charge is 2.08. The summed E-state index contributed by atoms with van der Waals surface area (Å²) in [6, 6.07) is 3.90. The molecule has 1 aromatic rings. The van der Waals surface area contributed by atoms with Crippen molar-refractivity contribution in [1.82, 2.24) is 0 Å². The molecule has 0 saturated carbocycles. The number of hydrogen-bond acceptors (Lipinski definition) is 1. The molecule has 1 nitrogen and oxygen atoms in total. The van der Waals surface area contributed by atoms with Gasteiger partial charge in [-0.3, -0.25) is 0 Å². The van der Waals surface area contributed by atoms with E-state index in [1.54, 1.807) is 0 Å². The third-order valence-corrected chi connectivity index (χ3v) is 3.53. The van der Waals surface area contributed by atoms with E-state index in [4.69, 9.17) is 11.6 Å². The molecule has 0 saturated heterocycles. The first-order chi connectivity index (χ1) is 6.06. The van der Waals surface area contributed by atoms with Gasteiger partial charge in [0.2, 0.25) is 0 Å². The minimum absolute atomic E-state index is 0.237. The first-order valence-corrected chi connectivity index (χ1v) is 5.39. The number of halogens is 2. The number of aliphatic hydroxyl groups excluding tert-OH is 1. The SMILES string of the molecule is Cc1cc(C(O)CCl)cc(C)c1Br. The average Bonchev–Trinajstić information content (AvgIpc) is 2.12. The zero-order chi connectivity index (χ0) is 10.0. The van der Waals surface area contributed by atoms with E-state index in [0.717, 1.165) is 21.2 Å². The monoisotopic (exact) mass is 262 g/mol. The summed E-state index contributed by atoms with van der Waals surface area (Å²) in [4.78, 5) is 0. The molecule has 0 radical (unpaired) electrons. The van der Waals surface area contributed by atoms with E-state index in [1.165, 1.54) is 0 Å². The Hall–Kier alpha value is -0.0500. The van der Waals surface area contributed by atoms with Crippen LogP contribution in [0.2, 0.25) is 0 Å². The highest BCUT2D eigenvalue weighted by Crippen LogP contribution is 2.25. The second kappa shape index (κ2) is 4.45. The summed E-state index contributed by atoms with van der Waals surface area (Å²) >= 11 is 9.04. The third kappa shape index (κ3) is 2.46. The molecule has 1 rings (SSSR count). The molecule has 0 spiro atoms.